The van der Waals surface area contributed by atoms with Crippen molar-refractivity contribution in [1.82, 2.24) is 15.0 Å². The molecular weight excluding hydrogens is 228 g/mol. The molecule has 2 bridgehead atoms. The van der Waals surface area contributed by atoms with Crippen LogP contribution in [-0.4, -0.2) is 34.2 Å². The standard InChI is InChI=1S/C13H20N4O/c1-17-9-4-5-10(17)7-13(14,6-9)12-15-11(18-16-12)8-2-3-8/h8-10H,2-7,14H2,1H3. The van der Waals surface area contributed by atoms with Gasteiger partial charge in [-0.25, -0.2) is 0 Å². The van der Waals surface area contributed by atoms with E-state index in [1.165, 1.54) is 25.7 Å². The molecule has 0 spiro atoms. The Labute approximate surface area is 107 Å². The Bertz CT molecular complexity index is 453. The van der Waals surface area contributed by atoms with Gasteiger partial charge in [-0.05, 0) is 45.6 Å². The Morgan fingerprint density at radius 1 is 1.22 bits per heavy atom. The maximum Gasteiger partial charge on any atom is 0.229 e. The van der Waals surface area contributed by atoms with Gasteiger partial charge in [0.2, 0.25) is 5.89 Å². The Hall–Kier alpha value is -0.940. The van der Waals surface area contributed by atoms with Crippen LogP contribution in [0.25, 0.3) is 0 Å². The van der Waals surface area contributed by atoms with Crippen LogP contribution in [0.4, 0.5) is 0 Å². The number of rotatable bonds is 2. The summed E-state index contributed by atoms with van der Waals surface area (Å²) in [6, 6.07) is 1.19. The van der Waals surface area contributed by atoms with E-state index in [9.17, 15) is 0 Å². The molecule has 4 rings (SSSR count). The van der Waals surface area contributed by atoms with E-state index >= 15 is 0 Å². The van der Waals surface area contributed by atoms with Crippen LogP contribution in [0.1, 0.15) is 56.2 Å². The largest absolute Gasteiger partial charge is 0.339 e. The van der Waals surface area contributed by atoms with Gasteiger partial charge in [0, 0.05) is 18.0 Å². The van der Waals surface area contributed by atoms with Crippen LogP contribution < -0.4 is 5.73 Å². The van der Waals surface area contributed by atoms with E-state index < -0.39 is 0 Å². The van der Waals surface area contributed by atoms with E-state index in [0.29, 0.717) is 18.0 Å². The number of nitrogens with two attached hydrogens (primary N) is 1. The van der Waals surface area contributed by atoms with Crippen LogP contribution in [0.5, 0.6) is 0 Å². The van der Waals surface area contributed by atoms with Crippen LogP contribution in [0.2, 0.25) is 0 Å². The topological polar surface area (TPSA) is 68.2 Å². The molecule has 3 heterocycles. The second-order valence-electron chi connectivity index (χ2n) is 6.35. The molecule has 2 N–H and O–H groups in total. The van der Waals surface area contributed by atoms with Crippen molar-refractivity contribution in [2.24, 2.45) is 5.73 Å². The molecule has 0 radical (unpaired) electrons. The Morgan fingerprint density at radius 2 is 1.89 bits per heavy atom. The summed E-state index contributed by atoms with van der Waals surface area (Å²) in [7, 11) is 2.22. The van der Waals surface area contributed by atoms with Crippen LogP contribution in [0, 0.1) is 0 Å². The fourth-order valence-electron chi connectivity index (χ4n) is 3.62. The first-order valence-corrected chi connectivity index (χ1v) is 7.01. The summed E-state index contributed by atoms with van der Waals surface area (Å²) in [5.74, 6) is 2.06. The highest BCUT2D eigenvalue weighted by atomic mass is 16.5. The summed E-state index contributed by atoms with van der Waals surface area (Å²) >= 11 is 0. The quantitative estimate of drug-likeness (QED) is 0.855. The summed E-state index contributed by atoms with van der Waals surface area (Å²) in [5.41, 5.74) is 6.22. The molecule has 1 aromatic heterocycles. The highest BCUT2D eigenvalue weighted by molar-refractivity contribution is 5.14. The lowest BCUT2D eigenvalue weighted by Crippen LogP contribution is -2.52. The van der Waals surface area contributed by atoms with Crippen molar-refractivity contribution >= 4 is 0 Å². The van der Waals surface area contributed by atoms with Crippen LogP contribution in [0.3, 0.4) is 0 Å². The zero-order chi connectivity index (χ0) is 12.3. The lowest BCUT2D eigenvalue weighted by Gasteiger charge is -2.41. The molecule has 18 heavy (non-hydrogen) atoms. The van der Waals surface area contributed by atoms with E-state index in [1.54, 1.807) is 0 Å². The first kappa shape index (κ1) is 10.9. The molecule has 2 saturated heterocycles. The normalized spacial score (nSPS) is 40.3. The fourth-order valence-corrected chi connectivity index (χ4v) is 3.62. The predicted molar refractivity (Wildman–Crippen MR) is 65.9 cm³/mol. The molecule has 2 unspecified atom stereocenters. The Balaban J connectivity index is 1.62. The molecule has 0 amide bonds. The second-order valence-corrected chi connectivity index (χ2v) is 6.35. The zero-order valence-electron chi connectivity index (χ0n) is 10.8. The van der Waals surface area contributed by atoms with Gasteiger partial charge in [0.15, 0.2) is 5.82 Å². The van der Waals surface area contributed by atoms with E-state index in [4.69, 9.17) is 10.3 Å². The minimum atomic E-state index is -0.366. The summed E-state index contributed by atoms with van der Waals surface area (Å²) < 4.78 is 5.37. The molecule has 2 atom stereocenters. The van der Waals surface area contributed by atoms with Crippen molar-refractivity contribution in [3.05, 3.63) is 11.7 Å². The van der Waals surface area contributed by atoms with Crippen LogP contribution in [-0.2, 0) is 5.54 Å². The van der Waals surface area contributed by atoms with Crippen molar-refractivity contribution in [2.45, 2.75) is 62.1 Å². The second kappa shape index (κ2) is 3.54. The zero-order valence-corrected chi connectivity index (χ0v) is 10.8. The van der Waals surface area contributed by atoms with Gasteiger partial charge in [0.25, 0.3) is 0 Å². The van der Waals surface area contributed by atoms with Crippen molar-refractivity contribution in [3.63, 3.8) is 0 Å². The lowest BCUT2D eigenvalue weighted by molar-refractivity contribution is 0.106. The fraction of sp³-hybridized carbons (Fsp3) is 0.846. The van der Waals surface area contributed by atoms with Gasteiger partial charge < -0.3 is 15.2 Å². The van der Waals surface area contributed by atoms with E-state index in [-0.39, 0.29) is 5.54 Å². The van der Waals surface area contributed by atoms with Gasteiger partial charge in [-0.2, -0.15) is 4.98 Å². The smallest absolute Gasteiger partial charge is 0.229 e. The maximum absolute atomic E-state index is 6.59. The average molecular weight is 248 g/mol. The number of hydrogen-bond acceptors (Lipinski definition) is 5. The van der Waals surface area contributed by atoms with Crippen molar-refractivity contribution in [1.29, 1.82) is 0 Å². The molecule has 98 valence electrons. The van der Waals surface area contributed by atoms with E-state index in [0.717, 1.165) is 24.6 Å². The third kappa shape index (κ3) is 1.53. The third-order valence-corrected chi connectivity index (χ3v) is 5.00. The molecule has 0 aromatic carbocycles. The summed E-state index contributed by atoms with van der Waals surface area (Å²) in [6.45, 7) is 0. The summed E-state index contributed by atoms with van der Waals surface area (Å²) in [6.07, 6.45) is 6.81. The van der Waals surface area contributed by atoms with Gasteiger partial charge >= 0.3 is 0 Å². The van der Waals surface area contributed by atoms with E-state index in [1.807, 2.05) is 0 Å². The molecule has 5 heteroatoms. The number of aromatic nitrogens is 2. The molecule has 2 aliphatic heterocycles. The van der Waals surface area contributed by atoms with Crippen LogP contribution in [0.15, 0.2) is 4.52 Å². The van der Waals surface area contributed by atoms with Crippen molar-refractivity contribution in [2.75, 3.05) is 7.05 Å². The van der Waals surface area contributed by atoms with Gasteiger partial charge in [0.05, 0.1) is 5.54 Å². The SMILES string of the molecule is CN1C2CCC1CC(N)(c1noc(C3CC3)n1)C2. The lowest BCUT2D eigenvalue weighted by atomic mass is 9.83. The van der Waals surface area contributed by atoms with E-state index in [2.05, 4.69) is 22.1 Å². The molecule has 3 aliphatic rings. The molecular formula is C13H20N4O. The van der Waals surface area contributed by atoms with Crippen molar-refractivity contribution in [3.8, 4) is 0 Å². The monoisotopic (exact) mass is 248 g/mol. The highest BCUT2D eigenvalue weighted by Crippen LogP contribution is 2.44. The van der Waals surface area contributed by atoms with Crippen LogP contribution >= 0.6 is 0 Å². The summed E-state index contributed by atoms with van der Waals surface area (Å²) in [5, 5.41) is 4.16. The first-order valence-electron chi connectivity index (χ1n) is 7.01. The number of hydrogen-bond donors (Lipinski definition) is 1. The summed E-state index contributed by atoms with van der Waals surface area (Å²) in [4.78, 5) is 7.05. The van der Waals surface area contributed by atoms with Gasteiger partial charge in [-0.15, -0.1) is 0 Å². The minimum Gasteiger partial charge on any atom is -0.339 e. The first-order chi connectivity index (χ1) is 8.66. The Morgan fingerprint density at radius 3 is 2.50 bits per heavy atom. The molecule has 1 saturated carbocycles. The van der Waals surface area contributed by atoms with Crippen molar-refractivity contribution < 1.29 is 4.52 Å². The third-order valence-electron chi connectivity index (χ3n) is 5.00. The average Bonchev–Trinajstić information content (AvgIpc) is 3.04. The van der Waals surface area contributed by atoms with Gasteiger partial charge in [-0.3, -0.25) is 0 Å². The van der Waals surface area contributed by atoms with Gasteiger partial charge in [0.1, 0.15) is 0 Å². The predicted octanol–water partition coefficient (Wildman–Crippen LogP) is 1.36. The molecule has 1 aromatic rings. The number of fused-ring (bicyclic) bond motifs is 2. The highest BCUT2D eigenvalue weighted by Gasteiger charge is 2.48. The molecule has 5 nitrogen and oxygen atoms in total. The molecule has 1 aliphatic carbocycles. The van der Waals surface area contributed by atoms with Gasteiger partial charge in [-0.1, -0.05) is 5.16 Å². The number of nitrogens with zero attached hydrogens (tertiary/aromatic N) is 3. The minimum absolute atomic E-state index is 0.366. The number of piperidine rings is 1. The Kier molecular flexibility index (Phi) is 2.15. The molecule has 3 fully saturated rings. The maximum atomic E-state index is 6.59.